The van der Waals surface area contributed by atoms with E-state index < -0.39 is 5.97 Å². The lowest BCUT2D eigenvalue weighted by atomic mass is 10.1. The average molecular weight is 388 g/mol. The highest BCUT2D eigenvalue weighted by Crippen LogP contribution is 2.23. The van der Waals surface area contributed by atoms with Gasteiger partial charge in [-0.25, -0.2) is 9.79 Å². The van der Waals surface area contributed by atoms with Crippen LogP contribution >= 0.6 is 11.3 Å². The lowest BCUT2D eigenvalue weighted by molar-refractivity contribution is -0.129. The number of nitrogens with zero attached hydrogens (tertiary/aromatic N) is 2. The molecule has 0 atom stereocenters. The van der Waals surface area contributed by atoms with Crippen LogP contribution in [0, 0.1) is 0 Å². The van der Waals surface area contributed by atoms with E-state index in [4.69, 9.17) is 4.74 Å². The molecule has 5 heteroatoms. The molecule has 1 aliphatic heterocycles. The number of carbonyl (C=O) groups excluding carboxylic acids is 1. The van der Waals surface area contributed by atoms with Crippen LogP contribution in [0.15, 0.2) is 82.8 Å². The third-order valence-electron chi connectivity index (χ3n) is 4.51. The van der Waals surface area contributed by atoms with Crippen molar-refractivity contribution >= 4 is 35.0 Å². The van der Waals surface area contributed by atoms with Crippen molar-refractivity contribution in [2.45, 2.75) is 13.5 Å². The van der Waals surface area contributed by atoms with Gasteiger partial charge in [0.25, 0.3) is 0 Å². The number of hydrogen-bond donors (Lipinski definition) is 0. The first-order chi connectivity index (χ1) is 13.7. The zero-order valence-electron chi connectivity index (χ0n) is 15.5. The molecule has 0 spiro atoms. The molecule has 0 bridgehead atoms. The Morgan fingerprint density at radius 1 is 1.04 bits per heavy atom. The number of rotatable bonds is 6. The van der Waals surface area contributed by atoms with E-state index >= 15 is 0 Å². The summed E-state index contributed by atoms with van der Waals surface area (Å²) in [6, 6.07) is 22.4. The zero-order valence-corrected chi connectivity index (χ0v) is 16.4. The number of ether oxygens (including phenoxy) is 1. The van der Waals surface area contributed by atoms with Gasteiger partial charge >= 0.3 is 5.97 Å². The number of benzene rings is 2. The normalized spacial score (nSPS) is 14.8. The van der Waals surface area contributed by atoms with Gasteiger partial charge in [-0.3, -0.25) is 0 Å². The van der Waals surface area contributed by atoms with Gasteiger partial charge in [0, 0.05) is 18.8 Å². The molecule has 28 heavy (non-hydrogen) atoms. The van der Waals surface area contributed by atoms with Crippen LogP contribution in [0.2, 0.25) is 0 Å². The van der Waals surface area contributed by atoms with Gasteiger partial charge in [0.15, 0.2) is 5.70 Å². The van der Waals surface area contributed by atoms with Gasteiger partial charge in [-0.15, -0.1) is 11.3 Å². The molecule has 2 heterocycles. The fraction of sp³-hybridized carbons (Fsp3) is 0.130. The van der Waals surface area contributed by atoms with Crippen molar-refractivity contribution in [2.75, 3.05) is 11.4 Å². The van der Waals surface area contributed by atoms with Gasteiger partial charge in [-0.05, 0) is 47.7 Å². The minimum atomic E-state index is -0.410. The SMILES string of the molecule is CCN(Cc1ccccc1)c1ccc(C=C2N=C(c3cccs3)OC2=O)cc1. The molecular weight excluding hydrogens is 368 g/mol. The monoisotopic (exact) mass is 388 g/mol. The molecule has 1 aliphatic rings. The summed E-state index contributed by atoms with van der Waals surface area (Å²) in [5.41, 5.74) is 3.67. The molecule has 140 valence electrons. The second-order valence-electron chi connectivity index (χ2n) is 6.40. The number of thiophene rings is 1. The minimum absolute atomic E-state index is 0.327. The van der Waals surface area contributed by atoms with Crippen molar-refractivity contribution in [3.8, 4) is 0 Å². The molecule has 0 N–H and O–H groups in total. The maximum Gasteiger partial charge on any atom is 0.363 e. The number of carbonyl (C=O) groups is 1. The molecule has 4 nitrogen and oxygen atoms in total. The van der Waals surface area contributed by atoms with E-state index in [0.29, 0.717) is 11.6 Å². The Morgan fingerprint density at radius 2 is 1.82 bits per heavy atom. The molecule has 2 aromatic carbocycles. The summed E-state index contributed by atoms with van der Waals surface area (Å²) in [6.45, 7) is 3.92. The standard InChI is InChI=1S/C23H20N2O2S/c1-2-25(16-18-7-4-3-5-8-18)19-12-10-17(11-13-19)15-20-23(26)27-22(24-20)21-9-6-14-28-21/h3-15H,2,16H2,1H3. The van der Waals surface area contributed by atoms with Crippen molar-refractivity contribution in [3.63, 3.8) is 0 Å². The molecule has 0 saturated carbocycles. The van der Waals surface area contributed by atoms with Gasteiger partial charge in [0.1, 0.15) is 0 Å². The number of anilines is 1. The van der Waals surface area contributed by atoms with Crippen LogP contribution in [0.25, 0.3) is 6.08 Å². The lowest BCUT2D eigenvalue weighted by Crippen LogP contribution is -2.21. The van der Waals surface area contributed by atoms with Crippen molar-refractivity contribution in [2.24, 2.45) is 4.99 Å². The third-order valence-corrected chi connectivity index (χ3v) is 5.37. The highest BCUT2D eigenvalue weighted by Gasteiger charge is 2.24. The van der Waals surface area contributed by atoms with Crippen molar-refractivity contribution in [1.82, 2.24) is 0 Å². The molecule has 1 aromatic heterocycles. The van der Waals surface area contributed by atoms with Crippen molar-refractivity contribution in [3.05, 3.63) is 93.8 Å². The Labute approximate surface area is 168 Å². The molecule has 3 aromatic rings. The van der Waals surface area contributed by atoms with Crippen molar-refractivity contribution in [1.29, 1.82) is 0 Å². The molecule has 0 saturated heterocycles. The Bertz CT molecular complexity index is 1010. The van der Waals surface area contributed by atoms with Gasteiger partial charge < -0.3 is 9.64 Å². The van der Waals surface area contributed by atoms with Crippen LogP contribution in [0.4, 0.5) is 5.69 Å². The second-order valence-corrected chi connectivity index (χ2v) is 7.35. The molecule has 0 unspecified atom stereocenters. The predicted molar refractivity (Wildman–Crippen MR) is 115 cm³/mol. The predicted octanol–water partition coefficient (Wildman–Crippen LogP) is 5.12. The van der Waals surface area contributed by atoms with Crippen LogP contribution < -0.4 is 4.90 Å². The first-order valence-corrected chi connectivity index (χ1v) is 10.1. The molecule has 0 fully saturated rings. The summed E-state index contributed by atoms with van der Waals surface area (Å²) >= 11 is 1.50. The highest BCUT2D eigenvalue weighted by atomic mass is 32.1. The zero-order chi connectivity index (χ0) is 19.3. The van der Waals surface area contributed by atoms with Gasteiger partial charge in [0.2, 0.25) is 5.90 Å². The highest BCUT2D eigenvalue weighted by molar-refractivity contribution is 7.12. The molecule has 0 radical (unpaired) electrons. The summed E-state index contributed by atoms with van der Waals surface area (Å²) < 4.78 is 5.28. The van der Waals surface area contributed by atoms with Crippen LogP contribution in [-0.2, 0) is 16.1 Å². The summed E-state index contributed by atoms with van der Waals surface area (Å²) in [7, 11) is 0. The quantitative estimate of drug-likeness (QED) is 0.435. The summed E-state index contributed by atoms with van der Waals surface area (Å²) in [5.74, 6) is -0.0328. The van der Waals surface area contributed by atoms with Crippen LogP contribution in [0.5, 0.6) is 0 Å². The Morgan fingerprint density at radius 3 is 2.50 bits per heavy atom. The fourth-order valence-electron chi connectivity index (χ4n) is 3.04. The third kappa shape index (κ3) is 4.05. The van der Waals surface area contributed by atoms with Crippen LogP contribution in [-0.4, -0.2) is 18.4 Å². The van der Waals surface area contributed by atoms with E-state index in [-0.39, 0.29) is 0 Å². The summed E-state index contributed by atoms with van der Waals surface area (Å²) in [5, 5.41) is 1.93. The number of aliphatic imine (C=N–C) groups is 1. The van der Waals surface area contributed by atoms with E-state index in [0.717, 1.165) is 29.2 Å². The fourth-order valence-corrected chi connectivity index (χ4v) is 3.69. The van der Waals surface area contributed by atoms with Crippen molar-refractivity contribution < 1.29 is 9.53 Å². The van der Waals surface area contributed by atoms with E-state index in [1.54, 1.807) is 6.08 Å². The van der Waals surface area contributed by atoms with E-state index in [1.807, 2.05) is 35.7 Å². The first-order valence-electron chi connectivity index (χ1n) is 9.18. The maximum atomic E-state index is 12.1. The number of hydrogen-bond acceptors (Lipinski definition) is 5. The van der Waals surface area contributed by atoms with E-state index in [1.165, 1.54) is 16.9 Å². The Hall–Kier alpha value is -3.18. The topological polar surface area (TPSA) is 41.9 Å². The Balaban J connectivity index is 1.51. The molecule has 4 rings (SSSR count). The maximum absolute atomic E-state index is 12.1. The molecular formula is C23H20N2O2S. The molecule has 0 aliphatic carbocycles. The lowest BCUT2D eigenvalue weighted by Gasteiger charge is -2.23. The van der Waals surface area contributed by atoms with E-state index in [2.05, 4.69) is 53.2 Å². The number of cyclic esters (lactones) is 1. The van der Waals surface area contributed by atoms with Crippen LogP contribution in [0.3, 0.4) is 0 Å². The minimum Gasteiger partial charge on any atom is -0.401 e. The van der Waals surface area contributed by atoms with Gasteiger partial charge in [-0.1, -0.05) is 48.5 Å². The Kier molecular flexibility index (Phi) is 5.35. The second kappa shape index (κ2) is 8.23. The van der Waals surface area contributed by atoms with E-state index in [9.17, 15) is 4.79 Å². The smallest absolute Gasteiger partial charge is 0.363 e. The van der Waals surface area contributed by atoms with Gasteiger partial charge in [0.05, 0.1) is 4.88 Å². The first kappa shape index (κ1) is 18.2. The largest absolute Gasteiger partial charge is 0.401 e. The molecule has 0 amide bonds. The van der Waals surface area contributed by atoms with Crippen LogP contribution in [0.1, 0.15) is 22.9 Å². The van der Waals surface area contributed by atoms with Gasteiger partial charge in [-0.2, -0.15) is 0 Å². The number of esters is 1. The summed E-state index contributed by atoms with van der Waals surface area (Å²) in [6.07, 6.45) is 1.76. The average Bonchev–Trinajstić information content (AvgIpc) is 3.38. The summed E-state index contributed by atoms with van der Waals surface area (Å²) in [4.78, 5) is 19.6.